The Hall–Kier alpha value is -1.97. The number of aromatic amines is 1. The Bertz CT molecular complexity index is 616. The molecule has 2 rings (SSSR count). The Morgan fingerprint density at radius 1 is 1.33 bits per heavy atom. The Kier molecular flexibility index (Phi) is 4.89. The van der Waals surface area contributed by atoms with Crippen LogP contribution in [0.4, 0.5) is 0 Å². The molecular formula is C17H24N2O2. The first kappa shape index (κ1) is 15.4. The van der Waals surface area contributed by atoms with Crippen molar-refractivity contribution < 1.29 is 9.53 Å². The number of H-pyrrole nitrogens is 1. The quantitative estimate of drug-likeness (QED) is 0.886. The lowest BCUT2D eigenvalue weighted by atomic mass is 10.1. The molecule has 1 N–H and O–H groups in total. The number of amides is 1. The third-order valence-corrected chi connectivity index (χ3v) is 3.68. The number of nitrogens with one attached hydrogen (secondary N) is 1. The van der Waals surface area contributed by atoms with Crippen molar-refractivity contribution >= 4 is 16.8 Å². The molecule has 1 amide bonds. The highest BCUT2D eigenvalue weighted by Crippen LogP contribution is 2.29. The Labute approximate surface area is 126 Å². The van der Waals surface area contributed by atoms with E-state index in [0.29, 0.717) is 13.0 Å². The number of hydrogen-bond acceptors (Lipinski definition) is 2. The maximum absolute atomic E-state index is 12.5. The Morgan fingerprint density at radius 2 is 2.10 bits per heavy atom. The van der Waals surface area contributed by atoms with Gasteiger partial charge in [0.05, 0.1) is 13.0 Å². The van der Waals surface area contributed by atoms with E-state index in [1.165, 1.54) is 0 Å². The van der Waals surface area contributed by atoms with E-state index in [0.717, 1.165) is 28.8 Å². The number of rotatable bonds is 6. The van der Waals surface area contributed by atoms with Crippen LogP contribution in [-0.2, 0) is 11.2 Å². The van der Waals surface area contributed by atoms with Crippen molar-refractivity contribution in [2.45, 2.75) is 40.2 Å². The normalized spacial score (nSPS) is 11.1. The number of likely N-dealkylation sites (N-methyl/N-ethyl adjacent to an activating group) is 1. The summed E-state index contributed by atoms with van der Waals surface area (Å²) in [7, 11) is 0. The van der Waals surface area contributed by atoms with Crippen LogP contribution in [-0.4, -0.2) is 35.0 Å². The van der Waals surface area contributed by atoms with Crippen molar-refractivity contribution in [1.29, 1.82) is 0 Å². The van der Waals surface area contributed by atoms with Crippen LogP contribution in [0, 0.1) is 0 Å². The molecule has 0 bridgehead atoms. The van der Waals surface area contributed by atoms with Gasteiger partial charge in [-0.2, -0.15) is 0 Å². The zero-order chi connectivity index (χ0) is 15.4. The molecule has 0 unspecified atom stereocenters. The molecule has 0 saturated carbocycles. The molecule has 0 saturated heterocycles. The molecule has 0 aliphatic heterocycles. The van der Waals surface area contributed by atoms with Crippen LogP contribution in [0.5, 0.6) is 5.75 Å². The van der Waals surface area contributed by atoms with Crippen LogP contribution in [0.2, 0.25) is 0 Å². The first-order chi connectivity index (χ1) is 10.1. The van der Waals surface area contributed by atoms with Crippen LogP contribution in [0.15, 0.2) is 24.4 Å². The summed E-state index contributed by atoms with van der Waals surface area (Å²) in [6.45, 7) is 9.42. The third kappa shape index (κ3) is 3.20. The highest BCUT2D eigenvalue weighted by atomic mass is 16.5. The van der Waals surface area contributed by atoms with Crippen molar-refractivity contribution in [1.82, 2.24) is 9.88 Å². The van der Waals surface area contributed by atoms with Crippen LogP contribution < -0.4 is 4.74 Å². The summed E-state index contributed by atoms with van der Waals surface area (Å²) in [6, 6.07) is 6.14. The first-order valence-corrected chi connectivity index (χ1v) is 7.59. The van der Waals surface area contributed by atoms with Gasteiger partial charge in [-0.3, -0.25) is 4.79 Å². The second-order valence-electron chi connectivity index (χ2n) is 5.38. The van der Waals surface area contributed by atoms with Crippen molar-refractivity contribution in [3.63, 3.8) is 0 Å². The van der Waals surface area contributed by atoms with Gasteiger partial charge in [0.15, 0.2) is 0 Å². The molecule has 0 radical (unpaired) electrons. The second kappa shape index (κ2) is 6.66. The van der Waals surface area contributed by atoms with Crippen molar-refractivity contribution in [3.05, 3.63) is 30.0 Å². The van der Waals surface area contributed by atoms with Gasteiger partial charge < -0.3 is 14.6 Å². The maximum atomic E-state index is 12.5. The number of carbonyl (C=O) groups excluding carboxylic acids is 1. The number of ether oxygens (including phenoxy) is 1. The highest BCUT2D eigenvalue weighted by Gasteiger charge is 2.18. The van der Waals surface area contributed by atoms with E-state index in [1.807, 2.05) is 57.0 Å². The SMILES string of the molecule is CCOc1cccc2[nH]cc(CC(=O)N(CC)C(C)C)c12. The predicted molar refractivity (Wildman–Crippen MR) is 85.7 cm³/mol. The summed E-state index contributed by atoms with van der Waals surface area (Å²) < 4.78 is 5.69. The largest absolute Gasteiger partial charge is 0.493 e. The van der Waals surface area contributed by atoms with Gasteiger partial charge in [-0.25, -0.2) is 0 Å². The molecule has 0 spiro atoms. The summed E-state index contributed by atoms with van der Waals surface area (Å²) in [5.74, 6) is 0.992. The third-order valence-electron chi connectivity index (χ3n) is 3.68. The minimum atomic E-state index is 0.153. The minimum absolute atomic E-state index is 0.153. The molecule has 0 aliphatic carbocycles. The van der Waals surface area contributed by atoms with Gasteiger partial charge in [0.2, 0.25) is 5.91 Å². The molecule has 21 heavy (non-hydrogen) atoms. The molecular weight excluding hydrogens is 264 g/mol. The van der Waals surface area contributed by atoms with Gasteiger partial charge in [0.25, 0.3) is 0 Å². The van der Waals surface area contributed by atoms with E-state index >= 15 is 0 Å². The molecule has 1 aromatic carbocycles. The number of nitrogens with zero attached hydrogens (tertiary/aromatic N) is 1. The molecule has 0 aliphatic rings. The van der Waals surface area contributed by atoms with Gasteiger partial charge in [-0.05, 0) is 45.4 Å². The summed E-state index contributed by atoms with van der Waals surface area (Å²) in [4.78, 5) is 17.6. The Morgan fingerprint density at radius 3 is 2.71 bits per heavy atom. The van der Waals surface area contributed by atoms with Crippen LogP contribution in [0.3, 0.4) is 0 Å². The summed E-state index contributed by atoms with van der Waals surface area (Å²) >= 11 is 0. The van der Waals surface area contributed by atoms with Gasteiger partial charge in [-0.1, -0.05) is 6.07 Å². The molecule has 1 aromatic heterocycles. The average Bonchev–Trinajstić information content (AvgIpc) is 2.84. The number of hydrogen-bond donors (Lipinski definition) is 1. The van der Waals surface area contributed by atoms with E-state index in [-0.39, 0.29) is 11.9 Å². The second-order valence-corrected chi connectivity index (χ2v) is 5.38. The molecule has 0 atom stereocenters. The fourth-order valence-electron chi connectivity index (χ4n) is 2.73. The monoisotopic (exact) mass is 288 g/mol. The maximum Gasteiger partial charge on any atom is 0.227 e. The fraction of sp³-hybridized carbons (Fsp3) is 0.471. The first-order valence-electron chi connectivity index (χ1n) is 7.59. The molecule has 114 valence electrons. The number of fused-ring (bicyclic) bond motifs is 1. The van der Waals surface area contributed by atoms with E-state index in [1.54, 1.807) is 0 Å². The minimum Gasteiger partial charge on any atom is -0.493 e. The van der Waals surface area contributed by atoms with Gasteiger partial charge >= 0.3 is 0 Å². The Balaban J connectivity index is 2.32. The van der Waals surface area contributed by atoms with Crippen molar-refractivity contribution in [3.8, 4) is 5.75 Å². The number of carbonyl (C=O) groups is 1. The average molecular weight is 288 g/mol. The zero-order valence-corrected chi connectivity index (χ0v) is 13.3. The standard InChI is InChI=1S/C17H24N2O2/c1-5-19(12(3)4)16(20)10-13-11-18-14-8-7-9-15(17(13)14)21-6-2/h7-9,11-12,18H,5-6,10H2,1-4H3. The lowest BCUT2D eigenvalue weighted by Crippen LogP contribution is -2.37. The molecule has 4 heteroatoms. The predicted octanol–water partition coefficient (Wildman–Crippen LogP) is 3.37. The van der Waals surface area contributed by atoms with E-state index in [4.69, 9.17) is 4.74 Å². The van der Waals surface area contributed by atoms with Crippen LogP contribution in [0.1, 0.15) is 33.3 Å². The van der Waals surface area contributed by atoms with Crippen molar-refractivity contribution in [2.24, 2.45) is 0 Å². The summed E-state index contributed by atoms with van der Waals surface area (Å²) in [5.41, 5.74) is 2.01. The molecule has 2 aromatic rings. The topological polar surface area (TPSA) is 45.3 Å². The fourth-order valence-corrected chi connectivity index (χ4v) is 2.73. The van der Waals surface area contributed by atoms with Gasteiger partial charge in [-0.15, -0.1) is 0 Å². The highest BCUT2D eigenvalue weighted by molar-refractivity contribution is 5.93. The summed E-state index contributed by atoms with van der Waals surface area (Å²) in [5, 5.41) is 1.02. The smallest absolute Gasteiger partial charge is 0.227 e. The molecule has 1 heterocycles. The van der Waals surface area contributed by atoms with Crippen molar-refractivity contribution in [2.75, 3.05) is 13.2 Å². The van der Waals surface area contributed by atoms with Gasteiger partial charge in [0, 0.05) is 29.7 Å². The van der Waals surface area contributed by atoms with E-state index in [9.17, 15) is 4.79 Å². The zero-order valence-electron chi connectivity index (χ0n) is 13.3. The molecule has 0 fully saturated rings. The molecule has 4 nitrogen and oxygen atoms in total. The number of benzene rings is 1. The van der Waals surface area contributed by atoms with Crippen LogP contribution >= 0.6 is 0 Å². The van der Waals surface area contributed by atoms with E-state index in [2.05, 4.69) is 4.98 Å². The van der Waals surface area contributed by atoms with Gasteiger partial charge in [0.1, 0.15) is 5.75 Å². The van der Waals surface area contributed by atoms with Crippen LogP contribution in [0.25, 0.3) is 10.9 Å². The van der Waals surface area contributed by atoms with E-state index < -0.39 is 0 Å². The number of aromatic nitrogens is 1. The lowest BCUT2D eigenvalue weighted by molar-refractivity contribution is -0.131. The lowest BCUT2D eigenvalue weighted by Gasteiger charge is -2.25. The summed E-state index contributed by atoms with van der Waals surface area (Å²) in [6.07, 6.45) is 2.31.